The number of hydrogen-bond donors (Lipinski definition) is 0. The number of morpholine rings is 1. The van der Waals surface area contributed by atoms with Gasteiger partial charge in [0.2, 0.25) is 5.89 Å². The molecule has 2 aliphatic rings. The summed E-state index contributed by atoms with van der Waals surface area (Å²) in [5.74, 6) is 1.82. The van der Waals surface area contributed by atoms with Crippen molar-refractivity contribution in [2.24, 2.45) is 0 Å². The predicted octanol–water partition coefficient (Wildman–Crippen LogP) is 3.12. The molecule has 0 spiro atoms. The lowest BCUT2D eigenvalue weighted by Gasteiger charge is -2.43. The monoisotopic (exact) mass is 278 g/mol. The smallest absolute Gasteiger partial charge is 0.208 e. The summed E-state index contributed by atoms with van der Waals surface area (Å²) < 4.78 is 11.9. The van der Waals surface area contributed by atoms with Crippen LogP contribution in [0.15, 0.2) is 10.6 Å². The number of rotatable bonds is 2. The molecule has 4 heteroatoms. The summed E-state index contributed by atoms with van der Waals surface area (Å²) in [5, 5.41) is 0. The van der Waals surface area contributed by atoms with Crippen molar-refractivity contribution in [1.82, 2.24) is 9.88 Å². The standard InChI is InChI=1S/C16H26N2O2/c1-16(2,3)14-10-17-15(20-14)11-18-8-9-19-13-7-5-4-6-12(13)18/h10,12-13H,4-9,11H2,1-3H3/t12-,13-/m0/s1. The largest absolute Gasteiger partial charge is 0.444 e. The van der Waals surface area contributed by atoms with Gasteiger partial charge in [0.05, 0.1) is 25.5 Å². The highest BCUT2D eigenvalue weighted by Crippen LogP contribution is 2.30. The van der Waals surface area contributed by atoms with Gasteiger partial charge in [-0.05, 0) is 12.8 Å². The van der Waals surface area contributed by atoms with E-state index in [0.29, 0.717) is 12.1 Å². The summed E-state index contributed by atoms with van der Waals surface area (Å²) in [6.07, 6.45) is 7.39. The van der Waals surface area contributed by atoms with E-state index >= 15 is 0 Å². The second kappa shape index (κ2) is 5.49. The van der Waals surface area contributed by atoms with Gasteiger partial charge in [-0.2, -0.15) is 0 Å². The van der Waals surface area contributed by atoms with Crippen molar-refractivity contribution in [2.75, 3.05) is 13.2 Å². The normalized spacial score (nSPS) is 28.4. The van der Waals surface area contributed by atoms with Crippen LogP contribution in [0.25, 0.3) is 0 Å². The number of nitrogens with zero attached hydrogens (tertiary/aromatic N) is 2. The molecule has 0 amide bonds. The van der Waals surface area contributed by atoms with Crippen LogP contribution < -0.4 is 0 Å². The Hall–Kier alpha value is -0.870. The molecule has 20 heavy (non-hydrogen) atoms. The Morgan fingerprint density at radius 1 is 1.30 bits per heavy atom. The number of hydrogen-bond acceptors (Lipinski definition) is 4. The molecular formula is C16H26N2O2. The maximum Gasteiger partial charge on any atom is 0.208 e. The lowest BCUT2D eigenvalue weighted by atomic mass is 9.90. The predicted molar refractivity (Wildman–Crippen MR) is 77.6 cm³/mol. The Morgan fingerprint density at radius 2 is 2.10 bits per heavy atom. The van der Waals surface area contributed by atoms with Gasteiger partial charge in [-0.3, -0.25) is 4.90 Å². The lowest BCUT2D eigenvalue weighted by Crippen LogP contribution is -2.52. The first-order chi connectivity index (χ1) is 9.54. The molecule has 0 aromatic carbocycles. The fraction of sp³-hybridized carbons (Fsp3) is 0.812. The summed E-state index contributed by atoms with van der Waals surface area (Å²) in [5.41, 5.74) is 0.0314. The molecule has 1 aromatic rings. The van der Waals surface area contributed by atoms with Gasteiger partial charge in [0.15, 0.2) is 0 Å². The van der Waals surface area contributed by atoms with Crippen LogP contribution in [-0.2, 0) is 16.7 Å². The van der Waals surface area contributed by atoms with E-state index < -0.39 is 0 Å². The summed E-state index contributed by atoms with van der Waals surface area (Å²) in [6.45, 7) is 9.12. The van der Waals surface area contributed by atoms with E-state index in [4.69, 9.17) is 9.15 Å². The van der Waals surface area contributed by atoms with E-state index in [1.165, 1.54) is 25.7 Å². The van der Waals surface area contributed by atoms with Crippen LogP contribution in [0.4, 0.5) is 0 Å². The quantitative estimate of drug-likeness (QED) is 0.833. The third-order valence-electron chi connectivity index (χ3n) is 4.48. The van der Waals surface area contributed by atoms with Gasteiger partial charge in [0, 0.05) is 18.0 Å². The Labute approximate surface area is 121 Å². The van der Waals surface area contributed by atoms with Gasteiger partial charge in [0.25, 0.3) is 0 Å². The SMILES string of the molecule is CC(C)(C)c1cnc(CN2CCO[C@H]3CCCC[C@@H]32)o1. The Bertz CT molecular complexity index is 448. The van der Waals surface area contributed by atoms with Crippen LogP contribution in [0.1, 0.15) is 58.1 Å². The Morgan fingerprint density at radius 3 is 2.85 bits per heavy atom. The molecule has 2 heterocycles. The maximum absolute atomic E-state index is 5.94. The molecule has 0 N–H and O–H groups in total. The molecule has 1 saturated heterocycles. The van der Waals surface area contributed by atoms with E-state index in [0.717, 1.165) is 31.3 Å². The highest BCUT2D eigenvalue weighted by molar-refractivity contribution is 5.06. The molecule has 2 fully saturated rings. The van der Waals surface area contributed by atoms with Gasteiger partial charge >= 0.3 is 0 Å². The third-order valence-corrected chi connectivity index (χ3v) is 4.48. The second-order valence-corrected chi connectivity index (χ2v) is 7.10. The minimum absolute atomic E-state index is 0.0314. The molecular weight excluding hydrogens is 252 g/mol. The van der Waals surface area contributed by atoms with Crippen molar-refractivity contribution in [3.05, 3.63) is 17.8 Å². The molecule has 0 bridgehead atoms. The fourth-order valence-electron chi connectivity index (χ4n) is 3.28. The van der Waals surface area contributed by atoms with E-state index in [1.54, 1.807) is 0 Å². The van der Waals surface area contributed by atoms with Crippen LogP contribution in [0.2, 0.25) is 0 Å². The highest BCUT2D eigenvalue weighted by atomic mass is 16.5. The van der Waals surface area contributed by atoms with E-state index in [2.05, 4.69) is 30.7 Å². The van der Waals surface area contributed by atoms with Crippen molar-refractivity contribution >= 4 is 0 Å². The molecule has 4 nitrogen and oxygen atoms in total. The van der Waals surface area contributed by atoms with Crippen LogP contribution in [0, 0.1) is 0 Å². The average Bonchev–Trinajstić information content (AvgIpc) is 2.88. The van der Waals surface area contributed by atoms with Crippen LogP contribution in [0.3, 0.4) is 0 Å². The third kappa shape index (κ3) is 2.91. The van der Waals surface area contributed by atoms with Gasteiger partial charge in [-0.25, -0.2) is 4.98 Å². The van der Waals surface area contributed by atoms with Crippen LogP contribution >= 0.6 is 0 Å². The minimum Gasteiger partial charge on any atom is -0.444 e. The Balaban J connectivity index is 1.68. The first kappa shape index (κ1) is 14.1. The number of fused-ring (bicyclic) bond motifs is 1. The van der Waals surface area contributed by atoms with Crippen LogP contribution in [-0.4, -0.2) is 35.2 Å². The maximum atomic E-state index is 5.94. The van der Waals surface area contributed by atoms with E-state index in [-0.39, 0.29) is 5.41 Å². The van der Waals surface area contributed by atoms with Gasteiger partial charge in [0.1, 0.15) is 5.76 Å². The van der Waals surface area contributed by atoms with E-state index in [9.17, 15) is 0 Å². The Kier molecular flexibility index (Phi) is 3.87. The summed E-state index contributed by atoms with van der Waals surface area (Å²) >= 11 is 0. The first-order valence-corrected chi connectivity index (χ1v) is 7.85. The van der Waals surface area contributed by atoms with Gasteiger partial charge in [-0.15, -0.1) is 0 Å². The fourth-order valence-corrected chi connectivity index (χ4v) is 3.28. The number of ether oxygens (including phenoxy) is 1. The zero-order valence-electron chi connectivity index (χ0n) is 12.9. The average molecular weight is 278 g/mol. The zero-order valence-corrected chi connectivity index (χ0v) is 12.9. The minimum atomic E-state index is 0.0314. The van der Waals surface area contributed by atoms with E-state index in [1.807, 2.05) is 6.20 Å². The van der Waals surface area contributed by atoms with Crippen molar-refractivity contribution in [1.29, 1.82) is 0 Å². The number of aromatic nitrogens is 1. The molecule has 112 valence electrons. The van der Waals surface area contributed by atoms with Crippen molar-refractivity contribution in [3.8, 4) is 0 Å². The summed E-state index contributed by atoms with van der Waals surface area (Å²) in [7, 11) is 0. The van der Waals surface area contributed by atoms with Gasteiger partial charge < -0.3 is 9.15 Å². The molecule has 1 saturated carbocycles. The molecule has 1 aliphatic carbocycles. The zero-order chi connectivity index (χ0) is 14.2. The van der Waals surface area contributed by atoms with Crippen LogP contribution in [0.5, 0.6) is 0 Å². The van der Waals surface area contributed by atoms with Crippen molar-refractivity contribution in [3.63, 3.8) is 0 Å². The van der Waals surface area contributed by atoms with Gasteiger partial charge in [-0.1, -0.05) is 33.6 Å². The topological polar surface area (TPSA) is 38.5 Å². The summed E-state index contributed by atoms with van der Waals surface area (Å²) in [4.78, 5) is 6.97. The molecule has 3 rings (SSSR count). The molecule has 2 atom stereocenters. The second-order valence-electron chi connectivity index (χ2n) is 7.10. The molecule has 1 aliphatic heterocycles. The van der Waals surface area contributed by atoms with Crippen molar-refractivity contribution in [2.45, 2.75) is 70.6 Å². The number of oxazole rings is 1. The first-order valence-electron chi connectivity index (χ1n) is 7.85. The summed E-state index contributed by atoms with van der Waals surface area (Å²) in [6, 6.07) is 0.558. The van der Waals surface area contributed by atoms with Crippen molar-refractivity contribution < 1.29 is 9.15 Å². The molecule has 1 aromatic heterocycles. The highest BCUT2D eigenvalue weighted by Gasteiger charge is 2.34. The molecule has 0 unspecified atom stereocenters. The lowest BCUT2D eigenvalue weighted by molar-refractivity contribution is -0.0931. The molecule has 0 radical (unpaired) electrons.